The Morgan fingerprint density at radius 1 is 1.28 bits per heavy atom. The van der Waals surface area contributed by atoms with Crippen molar-refractivity contribution in [1.82, 2.24) is 4.90 Å². The summed E-state index contributed by atoms with van der Waals surface area (Å²) in [6.07, 6.45) is 3.66. The summed E-state index contributed by atoms with van der Waals surface area (Å²) in [5, 5.41) is 0. The van der Waals surface area contributed by atoms with Gasteiger partial charge in [-0.2, -0.15) is 0 Å². The molecule has 0 atom stereocenters. The van der Waals surface area contributed by atoms with Crippen LogP contribution in [0.2, 0.25) is 0 Å². The highest BCUT2D eigenvalue weighted by molar-refractivity contribution is 7.14. The molecule has 1 aliphatic rings. The number of esters is 1. The Kier molecular flexibility index (Phi) is 6.49. The lowest BCUT2D eigenvalue weighted by molar-refractivity contribution is 0.0181. The van der Waals surface area contributed by atoms with E-state index in [0.29, 0.717) is 5.92 Å². The number of methoxy groups -OCH3 is 1. The molecule has 0 unspecified atom stereocenters. The third kappa shape index (κ3) is 5.73. The van der Waals surface area contributed by atoms with Crippen molar-refractivity contribution >= 4 is 23.4 Å². The van der Waals surface area contributed by atoms with Crippen molar-refractivity contribution < 1.29 is 19.1 Å². The molecule has 1 aromatic heterocycles. The van der Waals surface area contributed by atoms with Crippen molar-refractivity contribution in [3.63, 3.8) is 0 Å². The second kappa shape index (κ2) is 8.21. The Morgan fingerprint density at radius 2 is 1.92 bits per heavy atom. The molecule has 1 amide bonds. The van der Waals surface area contributed by atoms with Crippen LogP contribution in [0.25, 0.3) is 0 Å². The molecule has 2 rings (SSSR count). The van der Waals surface area contributed by atoms with Gasteiger partial charge in [-0.3, -0.25) is 0 Å². The van der Waals surface area contributed by atoms with Crippen LogP contribution >= 0.6 is 11.3 Å². The molecule has 0 radical (unpaired) electrons. The molecule has 1 aliphatic heterocycles. The number of thiophene rings is 1. The molecular formula is C19H29NO4S. The van der Waals surface area contributed by atoms with Gasteiger partial charge in [0.05, 0.1) is 7.11 Å². The lowest BCUT2D eigenvalue weighted by atomic mass is 9.90. The van der Waals surface area contributed by atoms with Gasteiger partial charge < -0.3 is 14.4 Å². The normalized spacial score (nSPS) is 16.0. The van der Waals surface area contributed by atoms with Crippen molar-refractivity contribution in [3.8, 4) is 0 Å². The Labute approximate surface area is 154 Å². The molecule has 5 nitrogen and oxygen atoms in total. The number of nitrogens with zero attached hydrogens (tertiary/aromatic N) is 1. The molecule has 2 heterocycles. The molecule has 25 heavy (non-hydrogen) atoms. The predicted molar refractivity (Wildman–Crippen MR) is 99.2 cm³/mol. The number of hydrogen-bond donors (Lipinski definition) is 0. The fourth-order valence-corrected chi connectivity index (χ4v) is 4.09. The maximum absolute atomic E-state index is 12.1. The zero-order valence-electron chi connectivity index (χ0n) is 15.9. The topological polar surface area (TPSA) is 55.8 Å². The molecule has 1 fully saturated rings. The van der Waals surface area contributed by atoms with Gasteiger partial charge in [-0.1, -0.05) is 0 Å². The summed E-state index contributed by atoms with van der Waals surface area (Å²) >= 11 is 1.50. The minimum absolute atomic E-state index is 0.215. The first-order valence-electron chi connectivity index (χ1n) is 8.85. The molecule has 0 saturated carbocycles. The van der Waals surface area contributed by atoms with Crippen molar-refractivity contribution in [2.45, 2.75) is 59.0 Å². The van der Waals surface area contributed by atoms with E-state index in [-0.39, 0.29) is 12.1 Å². The summed E-state index contributed by atoms with van der Waals surface area (Å²) in [6, 6.07) is 2.09. The first-order valence-corrected chi connectivity index (χ1v) is 9.67. The van der Waals surface area contributed by atoms with Crippen molar-refractivity contribution in [2.24, 2.45) is 5.92 Å². The smallest absolute Gasteiger partial charge is 0.410 e. The SMILES string of the molecule is COC(=O)c1sc(C)cc1CCC1CCN(C(=O)OC(C)(C)C)CC1. The van der Waals surface area contributed by atoms with E-state index in [9.17, 15) is 9.59 Å². The Bertz CT molecular complexity index is 609. The number of carbonyl (C=O) groups is 2. The number of carbonyl (C=O) groups excluding carboxylic acids is 2. The van der Waals surface area contributed by atoms with Crippen molar-refractivity contribution in [2.75, 3.05) is 20.2 Å². The van der Waals surface area contributed by atoms with Gasteiger partial charge in [-0.05, 0) is 70.9 Å². The number of likely N-dealkylation sites (tertiary alicyclic amines) is 1. The number of piperidine rings is 1. The lowest BCUT2D eigenvalue weighted by Crippen LogP contribution is -2.41. The molecule has 1 saturated heterocycles. The third-order valence-corrected chi connectivity index (χ3v) is 5.46. The Hall–Kier alpha value is -1.56. The van der Waals surface area contributed by atoms with E-state index in [2.05, 4.69) is 6.07 Å². The average molecular weight is 368 g/mol. The van der Waals surface area contributed by atoms with Gasteiger partial charge in [0, 0.05) is 18.0 Å². The molecule has 0 aromatic carbocycles. The van der Waals surface area contributed by atoms with E-state index in [1.165, 1.54) is 18.4 Å². The zero-order chi connectivity index (χ0) is 18.6. The maximum atomic E-state index is 12.1. The predicted octanol–water partition coefficient (Wildman–Crippen LogP) is 4.42. The minimum atomic E-state index is -0.449. The number of aryl methyl sites for hydroxylation is 2. The quantitative estimate of drug-likeness (QED) is 0.739. The van der Waals surface area contributed by atoms with Gasteiger partial charge in [0.15, 0.2) is 0 Å². The monoisotopic (exact) mass is 367 g/mol. The van der Waals surface area contributed by atoms with Crippen LogP contribution in [0.3, 0.4) is 0 Å². The largest absolute Gasteiger partial charge is 0.465 e. The van der Waals surface area contributed by atoms with E-state index in [4.69, 9.17) is 9.47 Å². The summed E-state index contributed by atoms with van der Waals surface area (Å²) < 4.78 is 10.3. The van der Waals surface area contributed by atoms with E-state index in [1.54, 1.807) is 4.90 Å². The maximum Gasteiger partial charge on any atom is 0.410 e. The highest BCUT2D eigenvalue weighted by Crippen LogP contribution is 2.28. The second-order valence-corrected chi connectivity index (χ2v) is 8.91. The zero-order valence-corrected chi connectivity index (χ0v) is 16.7. The van der Waals surface area contributed by atoms with E-state index >= 15 is 0 Å². The highest BCUT2D eigenvalue weighted by Gasteiger charge is 2.27. The van der Waals surface area contributed by atoms with E-state index in [1.807, 2.05) is 27.7 Å². The standard InChI is InChI=1S/C19H29NO4S/c1-13-12-15(16(25-13)17(21)23-5)7-6-14-8-10-20(11-9-14)18(22)24-19(2,3)4/h12,14H,6-11H2,1-5H3. The second-order valence-electron chi connectivity index (χ2n) is 7.65. The number of rotatable bonds is 4. The number of amides is 1. The number of ether oxygens (including phenoxy) is 2. The van der Waals surface area contributed by atoms with Gasteiger partial charge >= 0.3 is 12.1 Å². The lowest BCUT2D eigenvalue weighted by Gasteiger charge is -2.33. The van der Waals surface area contributed by atoms with Gasteiger partial charge in [0.1, 0.15) is 10.5 Å². The summed E-state index contributed by atoms with van der Waals surface area (Å²) in [6.45, 7) is 9.16. The molecule has 0 bridgehead atoms. The molecule has 0 aliphatic carbocycles. The Morgan fingerprint density at radius 3 is 2.48 bits per heavy atom. The highest BCUT2D eigenvalue weighted by atomic mass is 32.1. The summed E-state index contributed by atoms with van der Waals surface area (Å²) in [4.78, 5) is 27.6. The van der Waals surface area contributed by atoms with Crippen LogP contribution in [0.1, 0.15) is 60.1 Å². The summed E-state index contributed by atoms with van der Waals surface area (Å²) in [5.74, 6) is 0.331. The summed E-state index contributed by atoms with van der Waals surface area (Å²) in [5.41, 5.74) is 0.638. The van der Waals surface area contributed by atoms with Gasteiger partial charge in [0.2, 0.25) is 0 Å². The van der Waals surface area contributed by atoms with Crippen LogP contribution in [0, 0.1) is 12.8 Å². The van der Waals surface area contributed by atoms with Crippen LogP contribution in [0.5, 0.6) is 0 Å². The van der Waals surface area contributed by atoms with Crippen molar-refractivity contribution in [1.29, 1.82) is 0 Å². The molecule has 1 aromatic rings. The van der Waals surface area contributed by atoms with Crippen LogP contribution in [-0.4, -0.2) is 42.8 Å². The van der Waals surface area contributed by atoms with Crippen LogP contribution in [0.15, 0.2) is 6.07 Å². The molecular weight excluding hydrogens is 338 g/mol. The molecule has 140 valence electrons. The van der Waals surface area contributed by atoms with Crippen LogP contribution < -0.4 is 0 Å². The average Bonchev–Trinajstić information content (AvgIpc) is 2.92. The van der Waals surface area contributed by atoms with Gasteiger partial charge in [-0.25, -0.2) is 9.59 Å². The van der Waals surface area contributed by atoms with Crippen molar-refractivity contribution in [3.05, 3.63) is 21.4 Å². The molecule has 0 N–H and O–H groups in total. The van der Waals surface area contributed by atoms with E-state index in [0.717, 1.165) is 54.1 Å². The number of hydrogen-bond acceptors (Lipinski definition) is 5. The molecule has 6 heteroatoms. The molecule has 0 spiro atoms. The fourth-order valence-electron chi connectivity index (χ4n) is 3.11. The Balaban J connectivity index is 1.83. The van der Waals surface area contributed by atoms with Gasteiger partial charge in [-0.15, -0.1) is 11.3 Å². The third-order valence-electron chi connectivity index (χ3n) is 4.39. The first-order chi connectivity index (χ1) is 11.7. The minimum Gasteiger partial charge on any atom is -0.465 e. The van der Waals surface area contributed by atoms with Crippen LogP contribution in [0.4, 0.5) is 4.79 Å². The van der Waals surface area contributed by atoms with Gasteiger partial charge in [0.25, 0.3) is 0 Å². The van der Waals surface area contributed by atoms with E-state index < -0.39 is 5.60 Å². The van der Waals surface area contributed by atoms with Crippen LogP contribution in [-0.2, 0) is 15.9 Å². The summed E-state index contributed by atoms with van der Waals surface area (Å²) in [7, 11) is 1.42. The fraction of sp³-hybridized carbons (Fsp3) is 0.684. The first kappa shape index (κ1) is 19.8.